The highest BCUT2D eigenvalue weighted by Crippen LogP contribution is 2.13. The Morgan fingerprint density at radius 1 is 1.04 bits per heavy atom. The van der Waals surface area contributed by atoms with E-state index in [2.05, 4.69) is 73.0 Å². The van der Waals surface area contributed by atoms with Crippen molar-refractivity contribution >= 4 is 12.2 Å². The van der Waals surface area contributed by atoms with Crippen molar-refractivity contribution in [3.63, 3.8) is 0 Å². The average molecular weight is 354 g/mol. The Hall–Kier alpha value is -2.24. The van der Waals surface area contributed by atoms with E-state index in [-0.39, 0.29) is 0 Å². The van der Waals surface area contributed by atoms with Crippen molar-refractivity contribution in [1.82, 2.24) is 14.3 Å². The van der Waals surface area contributed by atoms with Gasteiger partial charge in [0, 0.05) is 11.3 Å². The van der Waals surface area contributed by atoms with Gasteiger partial charge >= 0.3 is 0 Å². The number of aromatic nitrogens is 3. The zero-order chi connectivity index (χ0) is 17.8. The smallest absolute Gasteiger partial charge is 0.207 e. The summed E-state index contributed by atoms with van der Waals surface area (Å²) < 4.78 is 4.76. The molecule has 1 atom stereocenters. The van der Waals surface area contributed by atoms with Gasteiger partial charge in [-0.1, -0.05) is 42.5 Å². The minimum absolute atomic E-state index is 0.752. The monoisotopic (exact) mass is 353 g/mol. The van der Waals surface area contributed by atoms with Crippen molar-refractivity contribution in [3.8, 4) is 5.69 Å². The predicted octanol–water partition coefficient (Wildman–Crippen LogP) is 3.08. The van der Waals surface area contributed by atoms with Crippen LogP contribution in [0.5, 0.6) is 0 Å². The average Bonchev–Trinajstić information content (AvgIpc) is 2.88. The normalized spacial score (nSPS) is 12.3. The number of hydrogen-bond donors (Lipinski definition) is 1. The Bertz CT molecular complexity index is 896. The summed E-state index contributed by atoms with van der Waals surface area (Å²) in [6, 6.07) is 18.9. The fraction of sp³-hybridized carbons (Fsp3) is 0.300. The zero-order valence-electron chi connectivity index (χ0n) is 15.1. The molecule has 0 spiro atoms. The Labute approximate surface area is 154 Å². The minimum atomic E-state index is 0.752. The number of benzene rings is 2. The summed E-state index contributed by atoms with van der Waals surface area (Å²) in [5.74, 6) is 0.922. The lowest BCUT2D eigenvalue weighted by molar-refractivity contribution is -0.935. The van der Waals surface area contributed by atoms with Crippen molar-refractivity contribution in [2.45, 2.75) is 34.0 Å². The second-order valence-electron chi connectivity index (χ2n) is 6.43. The van der Waals surface area contributed by atoms with Crippen molar-refractivity contribution < 1.29 is 4.90 Å². The third-order valence-corrected chi connectivity index (χ3v) is 4.82. The molecule has 3 aromatic rings. The van der Waals surface area contributed by atoms with Crippen LogP contribution in [0.25, 0.3) is 5.69 Å². The van der Waals surface area contributed by atoms with E-state index in [4.69, 9.17) is 17.3 Å². The first-order valence-electron chi connectivity index (χ1n) is 8.69. The van der Waals surface area contributed by atoms with Crippen LogP contribution in [0.2, 0.25) is 0 Å². The summed E-state index contributed by atoms with van der Waals surface area (Å²) in [6.07, 6.45) is 0. The molecule has 1 N–H and O–H groups in total. The van der Waals surface area contributed by atoms with Crippen LogP contribution in [-0.2, 0) is 13.2 Å². The number of hydrogen-bond acceptors (Lipinski definition) is 2. The molecule has 2 aromatic carbocycles. The third-order valence-electron chi connectivity index (χ3n) is 4.43. The molecule has 0 saturated carbocycles. The SMILES string of the molecule is CC[NH+](Cc1ccccc1)Cn1nc(C)n(-c2cccc(C)c2)c1=S. The van der Waals surface area contributed by atoms with Crippen molar-refractivity contribution in [2.75, 3.05) is 6.54 Å². The van der Waals surface area contributed by atoms with E-state index < -0.39 is 0 Å². The summed E-state index contributed by atoms with van der Waals surface area (Å²) in [5, 5.41) is 4.70. The Morgan fingerprint density at radius 3 is 2.48 bits per heavy atom. The quantitative estimate of drug-likeness (QED) is 0.690. The minimum Gasteiger partial charge on any atom is -0.313 e. The van der Waals surface area contributed by atoms with E-state index in [1.807, 2.05) is 11.6 Å². The van der Waals surface area contributed by atoms with E-state index in [1.54, 1.807) is 0 Å². The molecule has 25 heavy (non-hydrogen) atoms. The first-order valence-corrected chi connectivity index (χ1v) is 9.10. The molecule has 0 saturated heterocycles. The molecule has 0 aliphatic carbocycles. The summed E-state index contributed by atoms with van der Waals surface area (Å²) >= 11 is 5.72. The Kier molecular flexibility index (Phi) is 5.46. The molecule has 1 aromatic heterocycles. The van der Waals surface area contributed by atoms with Gasteiger partial charge in [0.1, 0.15) is 12.4 Å². The van der Waals surface area contributed by atoms with Gasteiger partial charge in [0.2, 0.25) is 4.77 Å². The first kappa shape index (κ1) is 17.6. The van der Waals surface area contributed by atoms with Crippen LogP contribution < -0.4 is 4.90 Å². The summed E-state index contributed by atoms with van der Waals surface area (Å²) in [7, 11) is 0. The third kappa shape index (κ3) is 4.06. The molecule has 5 heteroatoms. The largest absolute Gasteiger partial charge is 0.313 e. The molecule has 0 aliphatic rings. The lowest BCUT2D eigenvalue weighted by Crippen LogP contribution is -3.09. The summed E-state index contributed by atoms with van der Waals surface area (Å²) in [4.78, 5) is 1.43. The van der Waals surface area contributed by atoms with Gasteiger partial charge in [-0.3, -0.25) is 4.57 Å². The number of nitrogens with zero attached hydrogens (tertiary/aromatic N) is 3. The molecule has 0 radical (unpaired) electrons. The molecule has 130 valence electrons. The summed E-state index contributed by atoms with van der Waals surface area (Å²) in [5.41, 5.74) is 3.63. The van der Waals surface area contributed by atoms with E-state index in [9.17, 15) is 0 Å². The van der Waals surface area contributed by atoms with E-state index in [1.165, 1.54) is 16.0 Å². The van der Waals surface area contributed by atoms with E-state index in [0.29, 0.717) is 0 Å². The predicted molar refractivity (Wildman–Crippen MR) is 104 cm³/mol. The molecule has 1 heterocycles. The van der Waals surface area contributed by atoms with Gasteiger partial charge < -0.3 is 4.90 Å². The van der Waals surface area contributed by atoms with Gasteiger partial charge in [-0.25, -0.2) is 0 Å². The maximum Gasteiger partial charge on any atom is 0.207 e. The number of aryl methyl sites for hydroxylation is 2. The van der Waals surface area contributed by atoms with Crippen LogP contribution in [0, 0.1) is 18.6 Å². The van der Waals surface area contributed by atoms with Crippen molar-refractivity contribution in [1.29, 1.82) is 0 Å². The van der Waals surface area contributed by atoms with Crippen LogP contribution in [0.1, 0.15) is 23.9 Å². The molecule has 4 nitrogen and oxygen atoms in total. The Morgan fingerprint density at radius 2 is 1.80 bits per heavy atom. The lowest BCUT2D eigenvalue weighted by Gasteiger charge is -2.17. The highest BCUT2D eigenvalue weighted by Gasteiger charge is 2.14. The van der Waals surface area contributed by atoms with Crippen LogP contribution >= 0.6 is 12.2 Å². The Balaban J connectivity index is 1.86. The van der Waals surface area contributed by atoms with Gasteiger partial charge in [0.05, 0.1) is 6.54 Å². The lowest BCUT2D eigenvalue weighted by atomic mass is 10.2. The van der Waals surface area contributed by atoms with Gasteiger partial charge in [0.25, 0.3) is 0 Å². The highest BCUT2D eigenvalue weighted by atomic mass is 32.1. The number of nitrogens with one attached hydrogen (secondary N) is 1. The fourth-order valence-corrected chi connectivity index (χ4v) is 3.42. The van der Waals surface area contributed by atoms with Crippen LogP contribution in [0.15, 0.2) is 54.6 Å². The second-order valence-corrected chi connectivity index (χ2v) is 6.79. The molecular formula is C20H25N4S+. The molecular weight excluding hydrogens is 328 g/mol. The van der Waals surface area contributed by atoms with Gasteiger partial charge in [0.15, 0.2) is 6.67 Å². The molecule has 0 aliphatic heterocycles. The van der Waals surface area contributed by atoms with Gasteiger partial charge in [-0.2, -0.15) is 9.78 Å². The van der Waals surface area contributed by atoms with E-state index in [0.717, 1.165) is 36.0 Å². The van der Waals surface area contributed by atoms with Crippen LogP contribution in [0.4, 0.5) is 0 Å². The van der Waals surface area contributed by atoms with Crippen LogP contribution in [-0.4, -0.2) is 20.9 Å². The standard InChI is InChI=1S/C20H24N4S/c1-4-22(14-18-10-6-5-7-11-18)15-23-20(25)24(17(3)21-23)19-12-8-9-16(2)13-19/h5-13H,4,14-15H2,1-3H3/p+1. The van der Waals surface area contributed by atoms with Crippen LogP contribution in [0.3, 0.4) is 0 Å². The first-order chi connectivity index (χ1) is 12.1. The van der Waals surface area contributed by atoms with Gasteiger partial charge in [-0.05, 0) is 50.7 Å². The fourth-order valence-electron chi connectivity index (χ4n) is 3.07. The van der Waals surface area contributed by atoms with Gasteiger partial charge in [-0.15, -0.1) is 0 Å². The number of quaternary nitrogens is 1. The summed E-state index contributed by atoms with van der Waals surface area (Å²) in [6.45, 7) is 9.06. The maximum atomic E-state index is 5.72. The number of rotatable bonds is 6. The second kappa shape index (κ2) is 7.76. The van der Waals surface area contributed by atoms with Crippen molar-refractivity contribution in [2.24, 2.45) is 0 Å². The van der Waals surface area contributed by atoms with Crippen molar-refractivity contribution in [3.05, 3.63) is 76.3 Å². The molecule has 1 unspecified atom stereocenters. The maximum absolute atomic E-state index is 5.72. The topological polar surface area (TPSA) is 27.2 Å². The highest BCUT2D eigenvalue weighted by molar-refractivity contribution is 7.71. The molecule has 0 fully saturated rings. The molecule has 0 bridgehead atoms. The molecule has 3 rings (SSSR count). The van der Waals surface area contributed by atoms with E-state index >= 15 is 0 Å². The zero-order valence-corrected chi connectivity index (χ0v) is 15.9. The molecule has 0 amide bonds.